The number of rotatable bonds is 3. The van der Waals surface area contributed by atoms with E-state index in [-0.39, 0.29) is 24.4 Å². The maximum absolute atomic E-state index is 12.4. The lowest BCUT2D eigenvalue weighted by molar-refractivity contribution is -0.144. The summed E-state index contributed by atoms with van der Waals surface area (Å²) in [5.74, 6) is 0.0348. The number of likely N-dealkylation sites (N-methyl/N-ethyl adjacent to an activating group) is 1. The third-order valence-electron chi connectivity index (χ3n) is 4.36. The molecule has 1 saturated heterocycles. The van der Waals surface area contributed by atoms with E-state index in [1.54, 1.807) is 4.90 Å². The Morgan fingerprint density at radius 2 is 2.18 bits per heavy atom. The molecule has 1 unspecified atom stereocenters. The summed E-state index contributed by atoms with van der Waals surface area (Å²) in [6.45, 7) is 2.58. The molecule has 1 aromatic rings. The summed E-state index contributed by atoms with van der Waals surface area (Å²) in [5, 5.41) is 10.8. The highest BCUT2D eigenvalue weighted by Crippen LogP contribution is 2.22. The third kappa shape index (κ3) is 3.80. The number of nitrogens with one attached hydrogen (secondary N) is 2. The minimum atomic E-state index is -0.360. The molecule has 1 aromatic heterocycles. The van der Waals surface area contributed by atoms with Crippen LogP contribution >= 0.6 is 12.4 Å². The number of morpholine rings is 1. The van der Waals surface area contributed by atoms with Gasteiger partial charge < -0.3 is 15.0 Å². The van der Waals surface area contributed by atoms with E-state index in [2.05, 4.69) is 15.5 Å². The van der Waals surface area contributed by atoms with Crippen LogP contribution in [0.5, 0.6) is 0 Å². The lowest BCUT2D eigenvalue weighted by Crippen LogP contribution is -2.48. The number of aromatic amines is 1. The predicted molar refractivity (Wildman–Crippen MR) is 86.2 cm³/mol. The third-order valence-corrected chi connectivity index (χ3v) is 4.36. The summed E-state index contributed by atoms with van der Waals surface area (Å²) in [6.07, 6.45) is 5.51. The van der Waals surface area contributed by atoms with Crippen LogP contribution < -0.4 is 5.32 Å². The van der Waals surface area contributed by atoms with Crippen molar-refractivity contribution in [1.29, 1.82) is 0 Å². The number of aromatic nitrogens is 2. The highest BCUT2D eigenvalue weighted by molar-refractivity contribution is 5.85. The Morgan fingerprint density at radius 3 is 2.95 bits per heavy atom. The highest BCUT2D eigenvalue weighted by Gasteiger charge is 2.26. The van der Waals surface area contributed by atoms with Gasteiger partial charge in [-0.2, -0.15) is 5.10 Å². The molecule has 1 aliphatic heterocycles. The fourth-order valence-corrected chi connectivity index (χ4v) is 3.13. The average molecular weight is 329 g/mol. The second kappa shape index (κ2) is 7.94. The molecule has 1 atom stereocenters. The number of hydrogen-bond acceptors (Lipinski definition) is 4. The molecule has 0 saturated carbocycles. The Bertz CT molecular complexity index is 500. The van der Waals surface area contributed by atoms with Gasteiger partial charge >= 0.3 is 0 Å². The van der Waals surface area contributed by atoms with Crippen LogP contribution in [0.25, 0.3) is 0 Å². The van der Waals surface area contributed by atoms with Crippen LogP contribution in [0.3, 0.4) is 0 Å². The number of amides is 1. The van der Waals surface area contributed by atoms with Gasteiger partial charge in [-0.25, -0.2) is 0 Å². The first-order valence-corrected chi connectivity index (χ1v) is 7.88. The van der Waals surface area contributed by atoms with Gasteiger partial charge in [-0.05, 0) is 31.2 Å². The van der Waals surface area contributed by atoms with Gasteiger partial charge in [0.2, 0.25) is 0 Å². The number of fused-ring (bicyclic) bond motifs is 1. The molecule has 1 amide bonds. The number of carbonyl (C=O) groups excluding carboxylic acids is 1. The maximum Gasteiger partial charge on any atom is 0.253 e. The fourth-order valence-electron chi connectivity index (χ4n) is 3.13. The Labute approximate surface area is 137 Å². The lowest BCUT2D eigenvalue weighted by atomic mass is 10.1. The van der Waals surface area contributed by atoms with Crippen LogP contribution in [0.15, 0.2) is 0 Å². The van der Waals surface area contributed by atoms with Crippen LogP contribution in [0.1, 0.15) is 36.2 Å². The van der Waals surface area contributed by atoms with Crippen LogP contribution in [0.2, 0.25) is 0 Å². The molecule has 22 heavy (non-hydrogen) atoms. The molecule has 1 aliphatic carbocycles. The average Bonchev–Trinajstić information content (AvgIpc) is 2.75. The summed E-state index contributed by atoms with van der Waals surface area (Å²) in [4.78, 5) is 14.1. The van der Waals surface area contributed by atoms with Crippen LogP contribution in [-0.2, 0) is 28.9 Å². The van der Waals surface area contributed by atoms with Crippen molar-refractivity contribution in [3.63, 3.8) is 0 Å². The number of H-pyrrole nitrogens is 1. The number of hydrogen-bond donors (Lipinski definition) is 2. The van der Waals surface area contributed by atoms with E-state index in [1.165, 1.54) is 30.5 Å². The maximum atomic E-state index is 12.4. The Morgan fingerprint density at radius 1 is 1.36 bits per heavy atom. The van der Waals surface area contributed by atoms with Gasteiger partial charge in [-0.3, -0.25) is 9.89 Å². The van der Waals surface area contributed by atoms with E-state index in [1.807, 2.05) is 7.05 Å². The van der Waals surface area contributed by atoms with Crippen molar-refractivity contribution in [2.75, 3.05) is 26.7 Å². The summed E-state index contributed by atoms with van der Waals surface area (Å²) in [6, 6.07) is 0. The second-order valence-corrected chi connectivity index (χ2v) is 5.95. The van der Waals surface area contributed by atoms with E-state index < -0.39 is 0 Å². The monoisotopic (exact) mass is 328 g/mol. The first-order valence-electron chi connectivity index (χ1n) is 7.88. The molecule has 7 heteroatoms. The molecule has 2 N–H and O–H groups in total. The highest BCUT2D eigenvalue weighted by atomic mass is 35.5. The standard InChI is InChI=1S/C15H24N4O2.ClH/c1-19(15(20)14-9-16-7-8-21-14)10-13-11-5-3-2-4-6-12(11)17-18-13;/h14,16H,2-10H2,1H3,(H,17,18);1H. The molecule has 6 nitrogen and oxygen atoms in total. The molecule has 0 spiro atoms. The molecular formula is C15H25ClN4O2. The largest absolute Gasteiger partial charge is 0.366 e. The van der Waals surface area contributed by atoms with Gasteiger partial charge in [0.15, 0.2) is 0 Å². The fraction of sp³-hybridized carbons (Fsp3) is 0.733. The van der Waals surface area contributed by atoms with Gasteiger partial charge in [-0.15, -0.1) is 12.4 Å². The summed E-state index contributed by atoms with van der Waals surface area (Å²) in [7, 11) is 1.83. The molecule has 1 fully saturated rings. The topological polar surface area (TPSA) is 70.2 Å². The molecule has 2 heterocycles. The Hall–Kier alpha value is -1.11. The zero-order chi connectivity index (χ0) is 14.7. The van der Waals surface area contributed by atoms with Gasteiger partial charge in [-0.1, -0.05) is 6.42 Å². The molecule has 2 aliphatic rings. The van der Waals surface area contributed by atoms with Crippen molar-refractivity contribution >= 4 is 18.3 Å². The smallest absolute Gasteiger partial charge is 0.253 e. The van der Waals surface area contributed by atoms with E-state index in [4.69, 9.17) is 4.74 Å². The molecular weight excluding hydrogens is 304 g/mol. The molecule has 0 aromatic carbocycles. The van der Waals surface area contributed by atoms with E-state index in [0.29, 0.717) is 19.7 Å². The first-order chi connectivity index (χ1) is 10.3. The molecule has 0 radical (unpaired) electrons. The van der Waals surface area contributed by atoms with E-state index in [0.717, 1.165) is 25.1 Å². The summed E-state index contributed by atoms with van der Waals surface area (Å²) < 4.78 is 5.53. The van der Waals surface area contributed by atoms with Gasteiger partial charge in [0.05, 0.1) is 18.8 Å². The van der Waals surface area contributed by atoms with E-state index in [9.17, 15) is 4.79 Å². The molecule has 0 bridgehead atoms. The van der Waals surface area contributed by atoms with Crippen molar-refractivity contribution in [2.24, 2.45) is 0 Å². The summed E-state index contributed by atoms with van der Waals surface area (Å²) >= 11 is 0. The van der Waals surface area contributed by atoms with Crippen LogP contribution in [0.4, 0.5) is 0 Å². The molecule has 124 valence electrons. The number of aryl methyl sites for hydroxylation is 1. The number of halogens is 1. The minimum absolute atomic E-state index is 0. The van der Waals surface area contributed by atoms with Gasteiger partial charge in [0.25, 0.3) is 5.91 Å². The van der Waals surface area contributed by atoms with Crippen molar-refractivity contribution in [1.82, 2.24) is 20.4 Å². The van der Waals surface area contributed by atoms with Crippen molar-refractivity contribution in [3.8, 4) is 0 Å². The second-order valence-electron chi connectivity index (χ2n) is 5.95. The number of ether oxygens (including phenoxy) is 1. The van der Waals surface area contributed by atoms with Crippen LogP contribution in [0, 0.1) is 0 Å². The van der Waals surface area contributed by atoms with Crippen molar-refractivity contribution in [3.05, 3.63) is 17.0 Å². The number of carbonyl (C=O) groups is 1. The van der Waals surface area contributed by atoms with Crippen LogP contribution in [-0.4, -0.2) is 53.9 Å². The van der Waals surface area contributed by atoms with Crippen molar-refractivity contribution < 1.29 is 9.53 Å². The lowest BCUT2D eigenvalue weighted by Gasteiger charge is -2.27. The molecule has 3 rings (SSSR count). The normalized spacial score (nSPS) is 21.4. The first kappa shape index (κ1) is 17.2. The number of nitrogens with zero attached hydrogens (tertiary/aromatic N) is 2. The minimum Gasteiger partial charge on any atom is -0.366 e. The quantitative estimate of drug-likeness (QED) is 0.814. The van der Waals surface area contributed by atoms with Gasteiger partial charge in [0, 0.05) is 25.8 Å². The Balaban J connectivity index is 0.00000176. The SMILES string of the molecule is CN(Cc1n[nH]c2c1CCCCC2)C(=O)C1CNCCO1.Cl. The van der Waals surface area contributed by atoms with Crippen molar-refractivity contribution in [2.45, 2.75) is 44.8 Å². The van der Waals surface area contributed by atoms with Gasteiger partial charge in [0.1, 0.15) is 6.10 Å². The predicted octanol–water partition coefficient (Wildman–Crippen LogP) is 1.05. The van der Waals surface area contributed by atoms with E-state index >= 15 is 0 Å². The zero-order valence-electron chi connectivity index (χ0n) is 13.1. The summed E-state index contributed by atoms with van der Waals surface area (Å²) in [5.41, 5.74) is 3.61. The zero-order valence-corrected chi connectivity index (χ0v) is 13.9. The Kier molecular flexibility index (Phi) is 6.23.